The van der Waals surface area contributed by atoms with Crippen molar-refractivity contribution in [3.05, 3.63) is 29.8 Å². The van der Waals surface area contributed by atoms with Crippen LogP contribution in [0.3, 0.4) is 0 Å². The van der Waals surface area contributed by atoms with Crippen LogP contribution < -0.4 is 10.2 Å². The molecule has 0 saturated carbocycles. The Hall–Kier alpha value is -1.80. The molecule has 1 aromatic rings. The van der Waals surface area contributed by atoms with Crippen LogP contribution in [0.5, 0.6) is 0 Å². The molecular formula is C16H21F3N2O3. The molecule has 1 fully saturated rings. The van der Waals surface area contributed by atoms with E-state index in [-0.39, 0.29) is 18.9 Å². The molecule has 134 valence electrons. The summed E-state index contributed by atoms with van der Waals surface area (Å²) in [6, 6.07) is 7.73. The van der Waals surface area contributed by atoms with Crippen molar-refractivity contribution in [2.45, 2.75) is 19.1 Å². The first kappa shape index (κ1) is 18.5. The number of nitrogens with one attached hydrogen (secondary N) is 1. The van der Waals surface area contributed by atoms with E-state index in [4.69, 9.17) is 4.74 Å². The van der Waals surface area contributed by atoms with Gasteiger partial charge in [0.1, 0.15) is 6.61 Å². The second kappa shape index (κ2) is 8.89. The van der Waals surface area contributed by atoms with E-state index in [2.05, 4.69) is 15.0 Å². The number of rotatable bonds is 7. The molecule has 0 aromatic heterocycles. The predicted octanol–water partition coefficient (Wildman–Crippen LogP) is 2.11. The molecular weight excluding hydrogens is 325 g/mol. The Morgan fingerprint density at radius 2 is 1.96 bits per heavy atom. The highest BCUT2D eigenvalue weighted by molar-refractivity contribution is 5.76. The van der Waals surface area contributed by atoms with Gasteiger partial charge in [-0.25, -0.2) is 0 Å². The number of alkyl halides is 3. The number of hydrogen-bond donors (Lipinski definition) is 1. The standard InChI is InChI=1S/C16H21F3N2O3/c17-16(18,19)12-24-8-5-15(22)20-11-13-3-1-2-4-14(13)21-6-9-23-10-7-21/h1-4H,5-12H2,(H,20,22). The molecule has 0 spiro atoms. The fraction of sp³-hybridized carbons (Fsp3) is 0.562. The molecule has 1 amide bonds. The first-order chi connectivity index (χ1) is 11.5. The van der Waals surface area contributed by atoms with Crippen molar-refractivity contribution < 1.29 is 27.4 Å². The van der Waals surface area contributed by atoms with E-state index in [0.717, 1.165) is 24.3 Å². The number of carbonyl (C=O) groups excluding carboxylic acids is 1. The van der Waals surface area contributed by atoms with Crippen molar-refractivity contribution in [3.8, 4) is 0 Å². The third kappa shape index (κ3) is 6.37. The van der Waals surface area contributed by atoms with E-state index in [1.165, 1.54) is 0 Å². The molecule has 5 nitrogen and oxygen atoms in total. The lowest BCUT2D eigenvalue weighted by molar-refractivity contribution is -0.174. The van der Waals surface area contributed by atoms with Crippen LogP contribution in [0.4, 0.5) is 18.9 Å². The smallest absolute Gasteiger partial charge is 0.378 e. The van der Waals surface area contributed by atoms with E-state index in [1.54, 1.807) is 0 Å². The highest BCUT2D eigenvalue weighted by Gasteiger charge is 2.27. The Bertz CT molecular complexity index is 532. The molecule has 1 saturated heterocycles. The monoisotopic (exact) mass is 346 g/mol. The molecule has 0 unspecified atom stereocenters. The molecule has 0 atom stereocenters. The first-order valence-corrected chi connectivity index (χ1v) is 7.77. The Labute approximate surface area is 138 Å². The van der Waals surface area contributed by atoms with Gasteiger partial charge < -0.3 is 19.7 Å². The van der Waals surface area contributed by atoms with Gasteiger partial charge in [-0.15, -0.1) is 0 Å². The van der Waals surface area contributed by atoms with Crippen LogP contribution >= 0.6 is 0 Å². The number of carbonyl (C=O) groups is 1. The van der Waals surface area contributed by atoms with Crippen LogP contribution in [0.15, 0.2) is 24.3 Å². The van der Waals surface area contributed by atoms with E-state index in [9.17, 15) is 18.0 Å². The van der Waals surface area contributed by atoms with Crippen molar-refractivity contribution in [2.24, 2.45) is 0 Å². The summed E-state index contributed by atoms with van der Waals surface area (Å²) in [6.07, 6.45) is -4.47. The zero-order valence-corrected chi connectivity index (χ0v) is 13.3. The van der Waals surface area contributed by atoms with E-state index >= 15 is 0 Å². The van der Waals surface area contributed by atoms with Gasteiger partial charge in [0, 0.05) is 31.7 Å². The van der Waals surface area contributed by atoms with Gasteiger partial charge in [0.15, 0.2) is 0 Å². The maximum atomic E-state index is 11.9. The summed E-state index contributed by atoms with van der Waals surface area (Å²) in [7, 11) is 0. The number of benzene rings is 1. The van der Waals surface area contributed by atoms with Crippen molar-refractivity contribution in [3.63, 3.8) is 0 Å². The Balaban J connectivity index is 1.78. The van der Waals surface area contributed by atoms with Crippen LogP contribution in [-0.2, 0) is 20.8 Å². The predicted molar refractivity (Wildman–Crippen MR) is 82.8 cm³/mol. The molecule has 0 bridgehead atoms. The normalized spacial score (nSPS) is 15.4. The Morgan fingerprint density at radius 3 is 2.67 bits per heavy atom. The molecule has 1 N–H and O–H groups in total. The summed E-state index contributed by atoms with van der Waals surface area (Å²) < 4.78 is 45.6. The van der Waals surface area contributed by atoms with Crippen LogP contribution in [0.1, 0.15) is 12.0 Å². The van der Waals surface area contributed by atoms with Gasteiger partial charge in [0.2, 0.25) is 5.91 Å². The second-order valence-electron chi connectivity index (χ2n) is 5.42. The minimum atomic E-state index is -4.37. The molecule has 0 radical (unpaired) electrons. The molecule has 1 aromatic carbocycles. The highest BCUT2D eigenvalue weighted by atomic mass is 19.4. The van der Waals surface area contributed by atoms with Crippen molar-refractivity contribution in [1.82, 2.24) is 5.32 Å². The summed E-state index contributed by atoms with van der Waals surface area (Å²) in [6.45, 7) is 1.64. The summed E-state index contributed by atoms with van der Waals surface area (Å²) in [5, 5.41) is 2.72. The van der Waals surface area contributed by atoms with E-state index in [0.29, 0.717) is 19.8 Å². The van der Waals surface area contributed by atoms with Crippen molar-refractivity contribution in [1.29, 1.82) is 0 Å². The minimum Gasteiger partial charge on any atom is -0.378 e. The lowest BCUT2D eigenvalue weighted by Crippen LogP contribution is -2.37. The quantitative estimate of drug-likeness (QED) is 0.769. The van der Waals surface area contributed by atoms with Gasteiger partial charge in [0.05, 0.1) is 19.8 Å². The number of halogens is 3. The molecule has 24 heavy (non-hydrogen) atoms. The van der Waals surface area contributed by atoms with Gasteiger partial charge in [-0.2, -0.15) is 13.2 Å². The van der Waals surface area contributed by atoms with Crippen molar-refractivity contribution >= 4 is 11.6 Å². The summed E-state index contributed by atoms with van der Waals surface area (Å²) in [4.78, 5) is 13.9. The van der Waals surface area contributed by atoms with Gasteiger partial charge in [-0.3, -0.25) is 4.79 Å². The summed E-state index contributed by atoms with van der Waals surface area (Å²) >= 11 is 0. The molecule has 2 rings (SSSR count). The fourth-order valence-corrected chi connectivity index (χ4v) is 2.41. The minimum absolute atomic E-state index is 0.101. The average Bonchev–Trinajstić information content (AvgIpc) is 2.57. The zero-order chi connectivity index (χ0) is 17.4. The number of hydrogen-bond acceptors (Lipinski definition) is 4. The first-order valence-electron chi connectivity index (χ1n) is 7.77. The van der Waals surface area contributed by atoms with Crippen LogP contribution in [0, 0.1) is 0 Å². The van der Waals surface area contributed by atoms with Crippen LogP contribution in [0.25, 0.3) is 0 Å². The number of para-hydroxylation sites is 1. The molecule has 8 heteroatoms. The number of ether oxygens (including phenoxy) is 2. The number of nitrogens with zero attached hydrogens (tertiary/aromatic N) is 1. The van der Waals surface area contributed by atoms with Gasteiger partial charge in [0.25, 0.3) is 0 Å². The maximum Gasteiger partial charge on any atom is 0.411 e. The van der Waals surface area contributed by atoms with E-state index in [1.807, 2.05) is 24.3 Å². The van der Waals surface area contributed by atoms with E-state index < -0.39 is 12.8 Å². The third-order valence-electron chi connectivity index (χ3n) is 3.56. The SMILES string of the molecule is O=C(CCOCC(F)(F)F)NCc1ccccc1N1CCOCC1. The topological polar surface area (TPSA) is 50.8 Å². The van der Waals surface area contributed by atoms with Gasteiger partial charge in [-0.05, 0) is 11.6 Å². The largest absolute Gasteiger partial charge is 0.411 e. The lowest BCUT2D eigenvalue weighted by Gasteiger charge is -2.30. The summed E-state index contributed by atoms with van der Waals surface area (Å²) in [5.74, 6) is -0.339. The van der Waals surface area contributed by atoms with Gasteiger partial charge in [-0.1, -0.05) is 18.2 Å². The van der Waals surface area contributed by atoms with Crippen molar-refractivity contribution in [2.75, 3.05) is 44.4 Å². The maximum absolute atomic E-state index is 11.9. The third-order valence-corrected chi connectivity index (χ3v) is 3.56. The molecule has 0 aliphatic carbocycles. The van der Waals surface area contributed by atoms with Crippen LogP contribution in [0.2, 0.25) is 0 Å². The number of amides is 1. The van der Waals surface area contributed by atoms with Gasteiger partial charge >= 0.3 is 6.18 Å². The second-order valence-corrected chi connectivity index (χ2v) is 5.42. The Kier molecular flexibility index (Phi) is 6.86. The number of anilines is 1. The number of morpholine rings is 1. The highest BCUT2D eigenvalue weighted by Crippen LogP contribution is 2.21. The lowest BCUT2D eigenvalue weighted by atomic mass is 10.1. The summed E-state index contributed by atoms with van der Waals surface area (Å²) in [5.41, 5.74) is 2.00. The molecule has 1 aliphatic rings. The molecule has 1 heterocycles. The zero-order valence-electron chi connectivity index (χ0n) is 13.3. The average molecular weight is 346 g/mol. The fourth-order valence-electron chi connectivity index (χ4n) is 2.41. The Morgan fingerprint density at radius 1 is 1.25 bits per heavy atom. The molecule has 1 aliphatic heterocycles. The van der Waals surface area contributed by atoms with Crippen LogP contribution in [-0.4, -0.2) is 51.6 Å².